The third kappa shape index (κ3) is 2.21. The van der Waals surface area contributed by atoms with Gasteiger partial charge in [0.05, 0.1) is 5.55 Å². The van der Waals surface area contributed by atoms with Crippen LogP contribution in [0, 0.1) is 0 Å². The summed E-state index contributed by atoms with van der Waals surface area (Å²) in [5, 5.41) is 14.4. The number of rotatable bonds is 4. The van der Waals surface area contributed by atoms with Crippen molar-refractivity contribution < 1.29 is 9.90 Å². The highest BCUT2D eigenvalue weighted by Gasteiger charge is 2.44. The molecular formula is C12H15N3O2S. The average Bonchev–Trinajstić information content (AvgIpc) is 2.82. The molecule has 0 radical (unpaired) electrons. The predicted octanol–water partition coefficient (Wildman–Crippen LogP) is 1.68. The normalized spacial score (nSPS) is 22.4. The lowest BCUT2D eigenvalue weighted by molar-refractivity contribution is 0.164. The number of carbonyl (C=O) groups excluding carboxylic acids is 1. The van der Waals surface area contributed by atoms with Crippen LogP contribution in [0.4, 0.5) is 4.79 Å². The molecule has 0 aliphatic carbocycles. The van der Waals surface area contributed by atoms with Crippen molar-refractivity contribution >= 4 is 23.3 Å². The van der Waals surface area contributed by atoms with Crippen LogP contribution in [0.3, 0.4) is 0 Å². The van der Waals surface area contributed by atoms with Gasteiger partial charge in [0.15, 0.2) is 0 Å². The Hall–Kier alpha value is -1.53. The van der Waals surface area contributed by atoms with Gasteiger partial charge in [-0.3, -0.25) is 0 Å². The molecule has 96 valence electrons. The van der Waals surface area contributed by atoms with Crippen LogP contribution in [-0.2, 0) is 4.87 Å². The van der Waals surface area contributed by atoms with Crippen molar-refractivity contribution in [2.75, 3.05) is 6.61 Å². The number of amides is 2. The molecule has 0 fully saturated rings. The molecule has 1 unspecified atom stereocenters. The van der Waals surface area contributed by atoms with E-state index in [-0.39, 0.29) is 6.61 Å². The van der Waals surface area contributed by atoms with Crippen molar-refractivity contribution in [1.29, 1.82) is 0 Å². The van der Waals surface area contributed by atoms with Gasteiger partial charge < -0.3 is 10.8 Å². The van der Waals surface area contributed by atoms with E-state index in [4.69, 9.17) is 10.8 Å². The molecule has 1 aliphatic heterocycles. The standard InChI is InChI=1S/C12H15N3O2S/c13-11(17)15-12(7-4-8-16,18-9-14-15)10-5-2-1-3-6-10/h1-3,5-6,9,16H,4,7-8H2,(H2,13,17). The molecule has 5 nitrogen and oxygen atoms in total. The summed E-state index contributed by atoms with van der Waals surface area (Å²) in [4.78, 5) is 10.9. The van der Waals surface area contributed by atoms with Gasteiger partial charge in [-0.2, -0.15) is 10.1 Å². The summed E-state index contributed by atoms with van der Waals surface area (Å²) in [6.07, 6.45) is 1.18. The van der Waals surface area contributed by atoms with Gasteiger partial charge in [0, 0.05) is 6.61 Å². The molecule has 1 atom stereocenters. The summed E-state index contributed by atoms with van der Waals surface area (Å²) in [6, 6.07) is 9.03. The van der Waals surface area contributed by atoms with Crippen molar-refractivity contribution in [3.05, 3.63) is 35.9 Å². The van der Waals surface area contributed by atoms with E-state index in [1.165, 1.54) is 16.8 Å². The smallest absolute Gasteiger partial charge is 0.336 e. The van der Waals surface area contributed by atoms with Crippen molar-refractivity contribution in [3.63, 3.8) is 0 Å². The summed E-state index contributed by atoms with van der Waals surface area (Å²) in [5.41, 5.74) is 7.96. The fourth-order valence-corrected chi connectivity index (χ4v) is 3.14. The fraction of sp³-hybridized carbons (Fsp3) is 0.333. The number of aliphatic hydroxyl groups excluding tert-OH is 1. The zero-order valence-electron chi connectivity index (χ0n) is 9.82. The maximum Gasteiger partial charge on any atom is 0.336 e. The van der Waals surface area contributed by atoms with Crippen molar-refractivity contribution in [2.24, 2.45) is 10.8 Å². The molecular weight excluding hydrogens is 250 g/mol. The van der Waals surface area contributed by atoms with Crippen molar-refractivity contribution in [3.8, 4) is 0 Å². The topological polar surface area (TPSA) is 78.9 Å². The maximum absolute atomic E-state index is 11.5. The summed E-state index contributed by atoms with van der Waals surface area (Å²) in [7, 11) is 0. The van der Waals surface area contributed by atoms with Gasteiger partial charge in [0.1, 0.15) is 4.87 Å². The number of thioether (sulfide) groups is 1. The van der Waals surface area contributed by atoms with Crippen LogP contribution in [0.5, 0.6) is 0 Å². The van der Waals surface area contributed by atoms with Crippen LogP contribution in [0.15, 0.2) is 35.4 Å². The largest absolute Gasteiger partial charge is 0.396 e. The average molecular weight is 265 g/mol. The molecule has 2 amide bonds. The Morgan fingerprint density at radius 2 is 2.17 bits per heavy atom. The Bertz CT molecular complexity index is 452. The number of urea groups is 1. The van der Waals surface area contributed by atoms with Gasteiger partial charge in [-0.1, -0.05) is 42.1 Å². The van der Waals surface area contributed by atoms with E-state index in [0.29, 0.717) is 12.8 Å². The van der Waals surface area contributed by atoms with Crippen LogP contribution >= 0.6 is 11.8 Å². The SMILES string of the molecule is NC(=O)N1N=CSC1(CCCO)c1ccccc1. The Labute approximate surface area is 110 Å². The van der Waals surface area contributed by atoms with E-state index in [9.17, 15) is 4.79 Å². The number of aliphatic hydroxyl groups is 1. The highest BCUT2D eigenvalue weighted by atomic mass is 32.2. The molecule has 3 N–H and O–H groups in total. The third-order valence-electron chi connectivity index (χ3n) is 2.86. The van der Waals surface area contributed by atoms with Crippen LogP contribution in [-0.4, -0.2) is 28.3 Å². The van der Waals surface area contributed by atoms with Crippen LogP contribution in [0.2, 0.25) is 0 Å². The molecule has 1 heterocycles. The van der Waals surface area contributed by atoms with Crippen LogP contribution in [0.1, 0.15) is 18.4 Å². The number of benzene rings is 1. The molecule has 0 aromatic heterocycles. The minimum Gasteiger partial charge on any atom is -0.396 e. The van der Waals surface area contributed by atoms with Gasteiger partial charge in [-0.25, -0.2) is 4.79 Å². The third-order valence-corrected chi connectivity index (χ3v) is 4.06. The Morgan fingerprint density at radius 3 is 2.78 bits per heavy atom. The molecule has 0 saturated carbocycles. The zero-order valence-corrected chi connectivity index (χ0v) is 10.6. The second-order valence-electron chi connectivity index (χ2n) is 3.97. The van der Waals surface area contributed by atoms with E-state index >= 15 is 0 Å². The number of nitrogens with zero attached hydrogens (tertiary/aromatic N) is 2. The molecule has 6 heteroatoms. The van der Waals surface area contributed by atoms with E-state index in [1.54, 1.807) is 5.55 Å². The summed E-state index contributed by atoms with van der Waals surface area (Å²) < 4.78 is 0. The number of primary amides is 1. The van der Waals surface area contributed by atoms with E-state index in [0.717, 1.165) is 5.56 Å². The zero-order chi connectivity index (χ0) is 13.0. The molecule has 0 saturated heterocycles. The summed E-state index contributed by atoms with van der Waals surface area (Å²) in [5.74, 6) is 0. The van der Waals surface area contributed by atoms with Crippen LogP contribution < -0.4 is 5.73 Å². The number of hydrogen-bond acceptors (Lipinski definition) is 4. The number of nitrogens with two attached hydrogens (primary N) is 1. The first-order chi connectivity index (χ1) is 8.70. The van der Waals surface area contributed by atoms with Gasteiger partial charge >= 0.3 is 6.03 Å². The quantitative estimate of drug-likeness (QED) is 0.869. The monoisotopic (exact) mass is 265 g/mol. The Kier molecular flexibility index (Phi) is 3.88. The molecule has 1 aromatic rings. The summed E-state index contributed by atoms with van der Waals surface area (Å²) in [6.45, 7) is 0.0712. The molecule has 1 aliphatic rings. The van der Waals surface area contributed by atoms with Gasteiger partial charge in [-0.15, -0.1) is 0 Å². The molecule has 2 rings (SSSR count). The van der Waals surface area contributed by atoms with E-state index in [2.05, 4.69) is 5.10 Å². The van der Waals surface area contributed by atoms with E-state index in [1.807, 2.05) is 30.3 Å². The molecule has 1 aromatic carbocycles. The van der Waals surface area contributed by atoms with Crippen molar-refractivity contribution in [2.45, 2.75) is 17.7 Å². The molecule has 0 bridgehead atoms. The number of hydrogen-bond donors (Lipinski definition) is 2. The van der Waals surface area contributed by atoms with Gasteiger partial charge in [0.2, 0.25) is 0 Å². The second-order valence-corrected chi connectivity index (χ2v) is 5.09. The highest BCUT2D eigenvalue weighted by Crippen LogP contribution is 2.46. The number of carbonyl (C=O) groups is 1. The lowest BCUT2D eigenvalue weighted by atomic mass is 10.0. The van der Waals surface area contributed by atoms with Gasteiger partial charge in [-0.05, 0) is 18.4 Å². The summed E-state index contributed by atoms with van der Waals surface area (Å²) >= 11 is 1.44. The first-order valence-corrected chi connectivity index (χ1v) is 6.55. The highest BCUT2D eigenvalue weighted by molar-refractivity contribution is 8.13. The first kappa shape index (κ1) is 12.9. The fourth-order valence-electron chi connectivity index (χ4n) is 2.05. The number of hydrazone groups is 1. The molecule has 18 heavy (non-hydrogen) atoms. The maximum atomic E-state index is 11.5. The van der Waals surface area contributed by atoms with Gasteiger partial charge in [0.25, 0.3) is 0 Å². The Morgan fingerprint density at radius 1 is 1.44 bits per heavy atom. The minimum atomic E-state index is -0.629. The lowest BCUT2D eigenvalue weighted by Crippen LogP contribution is -2.44. The van der Waals surface area contributed by atoms with Crippen molar-refractivity contribution in [1.82, 2.24) is 5.01 Å². The van der Waals surface area contributed by atoms with E-state index < -0.39 is 10.9 Å². The van der Waals surface area contributed by atoms with Crippen LogP contribution in [0.25, 0.3) is 0 Å². The minimum absolute atomic E-state index is 0.0712. The second kappa shape index (κ2) is 5.41. The lowest BCUT2D eigenvalue weighted by Gasteiger charge is -2.34. The first-order valence-electron chi connectivity index (χ1n) is 5.67. The molecule has 0 spiro atoms. The Balaban J connectivity index is 2.38. The predicted molar refractivity (Wildman–Crippen MR) is 71.9 cm³/mol.